The van der Waals surface area contributed by atoms with Crippen molar-refractivity contribution in [2.45, 2.75) is 6.54 Å². The number of amides is 2. The number of nitrogens with zero attached hydrogens (tertiary/aromatic N) is 3. The lowest BCUT2D eigenvalue weighted by Crippen LogP contribution is -2.28. The zero-order chi connectivity index (χ0) is 11.5. The van der Waals surface area contributed by atoms with Crippen LogP contribution in [0.25, 0.3) is 0 Å². The molecule has 0 aliphatic carbocycles. The number of carbonyl (C=O) groups is 2. The normalized spacial score (nSPS) is 15.7. The lowest BCUT2D eigenvalue weighted by molar-refractivity contribution is -0.125. The molecule has 0 bridgehead atoms. The Hall–Kier alpha value is -1.67. The quantitative estimate of drug-likeness (QED) is 0.563. The number of nitrogens with two attached hydrogens (primary N) is 1. The first kappa shape index (κ1) is 10.8. The second-order valence-electron chi connectivity index (χ2n) is 3.07. The maximum absolute atomic E-state index is 11.3. The summed E-state index contributed by atoms with van der Waals surface area (Å²) in [6.45, 7) is 0.155. The molecule has 0 unspecified atom stereocenters. The molecule has 1 aromatic rings. The fourth-order valence-corrected chi connectivity index (χ4v) is 1.93. The van der Waals surface area contributed by atoms with E-state index in [0.29, 0.717) is 11.5 Å². The number of nitrogens with one attached hydrogen (secondary N) is 1. The van der Waals surface area contributed by atoms with Crippen LogP contribution in [0.15, 0.2) is 12.4 Å². The van der Waals surface area contributed by atoms with Gasteiger partial charge in [-0.1, -0.05) is 11.8 Å². The third-order valence-corrected chi connectivity index (χ3v) is 2.87. The minimum absolute atomic E-state index is 0.155. The van der Waals surface area contributed by atoms with E-state index in [-0.39, 0.29) is 23.4 Å². The molecule has 2 amide bonds. The molecule has 2 heterocycles. The molecule has 1 aromatic heterocycles. The van der Waals surface area contributed by atoms with Crippen molar-refractivity contribution in [3.63, 3.8) is 0 Å². The zero-order valence-electron chi connectivity index (χ0n) is 8.21. The largest absolute Gasteiger partial charge is 0.307 e. The molecule has 8 heteroatoms. The van der Waals surface area contributed by atoms with Gasteiger partial charge in [0.2, 0.25) is 5.91 Å². The van der Waals surface area contributed by atoms with Gasteiger partial charge < -0.3 is 5.43 Å². The van der Waals surface area contributed by atoms with Gasteiger partial charge in [-0.15, -0.1) is 0 Å². The van der Waals surface area contributed by atoms with Crippen LogP contribution in [0.3, 0.4) is 0 Å². The van der Waals surface area contributed by atoms with Crippen molar-refractivity contribution in [3.05, 3.63) is 18.1 Å². The Morgan fingerprint density at radius 1 is 1.44 bits per heavy atom. The standard InChI is InChI=1S/C8H9N5O2S/c9-12-6-2-10-5(1-11-6)3-13-7(14)4-16-8(13)15/h1-2H,3-4,9H2,(H,11,12). The minimum Gasteiger partial charge on any atom is -0.307 e. The molecule has 3 N–H and O–H groups in total. The predicted octanol–water partition coefficient (Wildman–Crippen LogP) is -0.0424. The predicted molar refractivity (Wildman–Crippen MR) is 58.2 cm³/mol. The first-order valence-electron chi connectivity index (χ1n) is 4.45. The van der Waals surface area contributed by atoms with Crippen molar-refractivity contribution < 1.29 is 9.59 Å². The van der Waals surface area contributed by atoms with Gasteiger partial charge in [-0.05, 0) is 0 Å². The fourth-order valence-electron chi connectivity index (χ4n) is 1.21. The molecule has 0 atom stereocenters. The lowest BCUT2D eigenvalue weighted by Gasteiger charge is -2.11. The van der Waals surface area contributed by atoms with Gasteiger partial charge in [0.25, 0.3) is 5.24 Å². The Morgan fingerprint density at radius 2 is 2.25 bits per heavy atom. The maximum Gasteiger partial charge on any atom is 0.289 e. The summed E-state index contributed by atoms with van der Waals surface area (Å²) in [5.41, 5.74) is 2.88. The van der Waals surface area contributed by atoms with Gasteiger partial charge in [0.15, 0.2) is 5.82 Å². The van der Waals surface area contributed by atoms with Crippen LogP contribution in [-0.2, 0) is 11.3 Å². The van der Waals surface area contributed by atoms with Crippen LogP contribution in [0.5, 0.6) is 0 Å². The summed E-state index contributed by atoms with van der Waals surface area (Å²) in [7, 11) is 0. The van der Waals surface area contributed by atoms with E-state index in [1.54, 1.807) is 0 Å². The first-order chi connectivity index (χ1) is 7.70. The average Bonchev–Trinajstić information content (AvgIpc) is 2.62. The molecule has 84 valence electrons. The lowest BCUT2D eigenvalue weighted by atomic mass is 10.4. The molecule has 16 heavy (non-hydrogen) atoms. The van der Waals surface area contributed by atoms with E-state index in [2.05, 4.69) is 15.4 Å². The molecule has 0 radical (unpaired) electrons. The first-order valence-corrected chi connectivity index (χ1v) is 5.44. The van der Waals surface area contributed by atoms with E-state index in [4.69, 9.17) is 5.84 Å². The smallest absolute Gasteiger partial charge is 0.289 e. The summed E-state index contributed by atoms with van der Waals surface area (Å²) >= 11 is 0.997. The van der Waals surface area contributed by atoms with Crippen molar-refractivity contribution in [2.24, 2.45) is 5.84 Å². The monoisotopic (exact) mass is 239 g/mol. The van der Waals surface area contributed by atoms with Crippen molar-refractivity contribution in [1.82, 2.24) is 14.9 Å². The number of aromatic nitrogens is 2. The summed E-state index contributed by atoms with van der Waals surface area (Å²) in [5, 5.41) is -0.243. The van der Waals surface area contributed by atoms with Crippen LogP contribution in [-0.4, -0.2) is 31.8 Å². The summed E-state index contributed by atoms with van der Waals surface area (Å²) < 4.78 is 0. The summed E-state index contributed by atoms with van der Waals surface area (Å²) in [6.07, 6.45) is 2.91. The third-order valence-electron chi connectivity index (χ3n) is 2.01. The highest BCUT2D eigenvalue weighted by molar-refractivity contribution is 8.14. The van der Waals surface area contributed by atoms with E-state index >= 15 is 0 Å². The van der Waals surface area contributed by atoms with Crippen molar-refractivity contribution in [2.75, 3.05) is 11.2 Å². The molecule has 0 aromatic carbocycles. The van der Waals surface area contributed by atoms with E-state index in [9.17, 15) is 9.59 Å². The van der Waals surface area contributed by atoms with Crippen molar-refractivity contribution in [3.8, 4) is 0 Å². The molecule has 1 aliphatic rings. The van der Waals surface area contributed by atoms with Gasteiger partial charge >= 0.3 is 0 Å². The molecule has 0 spiro atoms. The highest BCUT2D eigenvalue weighted by Gasteiger charge is 2.30. The molecule has 1 fully saturated rings. The van der Waals surface area contributed by atoms with Crippen LogP contribution in [0.1, 0.15) is 5.69 Å². The van der Waals surface area contributed by atoms with Crippen LogP contribution in [0, 0.1) is 0 Å². The fraction of sp³-hybridized carbons (Fsp3) is 0.250. The number of thioether (sulfide) groups is 1. The molecule has 7 nitrogen and oxygen atoms in total. The van der Waals surface area contributed by atoms with Crippen LogP contribution in [0.2, 0.25) is 0 Å². The summed E-state index contributed by atoms with van der Waals surface area (Å²) in [4.78, 5) is 31.7. The number of carbonyl (C=O) groups excluding carboxylic acids is 2. The highest BCUT2D eigenvalue weighted by Crippen LogP contribution is 2.20. The van der Waals surface area contributed by atoms with Gasteiger partial charge in [-0.2, -0.15) is 0 Å². The molecule has 2 rings (SSSR count). The average molecular weight is 239 g/mol. The number of nitrogen functional groups attached to an aromatic ring is 1. The Labute approximate surface area is 95.4 Å². The second-order valence-corrected chi connectivity index (χ2v) is 4.00. The Kier molecular flexibility index (Phi) is 3.02. The van der Waals surface area contributed by atoms with Gasteiger partial charge in [0, 0.05) is 0 Å². The third kappa shape index (κ3) is 2.12. The van der Waals surface area contributed by atoms with Gasteiger partial charge in [-0.25, -0.2) is 10.8 Å². The summed E-state index contributed by atoms with van der Waals surface area (Å²) in [5.74, 6) is 5.57. The highest BCUT2D eigenvalue weighted by atomic mass is 32.2. The number of rotatable bonds is 3. The van der Waals surface area contributed by atoms with Crippen molar-refractivity contribution >= 4 is 28.7 Å². The van der Waals surface area contributed by atoms with E-state index in [1.165, 1.54) is 12.4 Å². The maximum atomic E-state index is 11.3. The Morgan fingerprint density at radius 3 is 2.75 bits per heavy atom. The molecule has 0 saturated carbocycles. The van der Waals surface area contributed by atoms with E-state index in [1.807, 2.05) is 0 Å². The van der Waals surface area contributed by atoms with E-state index in [0.717, 1.165) is 16.7 Å². The molecule has 1 saturated heterocycles. The summed E-state index contributed by atoms with van der Waals surface area (Å²) in [6, 6.07) is 0. The number of hydrogen-bond acceptors (Lipinski definition) is 7. The van der Waals surface area contributed by atoms with Gasteiger partial charge in [0.05, 0.1) is 30.4 Å². The van der Waals surface area contributed by atoms with Crippen LogP contribution < -0.4 is 11.3 Å². The van der Waals surface area contributed by atoms with Crippen LogP contribution in [0.4, 0.5) is 10.6 Å². The molecular weight excluding hydrogens is 230 g/mol. The van der Waals surface area contributed by atoms with E-state index < -0.39 is 0 Å². The van der Waals surface area contributed by atoms with Crippen LogP contribution >= 0.6 is 11.8 Å². The Bertz CT molecular complexity index is 405. The molecule has 1 aliphatic heterocycles. The second kappa shape index (κ2) is 4.45. The number of anilines is 1. The van der Waals surface area contributed by atoms with Gasteiger partial charge in [-0.3, -0.25) is 19.5 Å². The molecular formula is C8H9N5O2S. The zero-order valence-corrected chi connectivity index (χ0v) is 9.03. The topological polar surface area (TPSA) is 101 Å². The number of imide groups is 1. The van der Waals surface area contributed by atoms with Gasteiger partial charge in [0.1, 0.15) is 0 Å². The minimum atomic E-state index is -0.243. The number of hydrogen-bond donors (Lipinski definition) is 2. The SMILES string of the molecule is NNc1cnc(CN2C(=O)CSC2=O)cn1. The van der Waals surface area contributed by atoms with Crippen molar-refractivity contribution in [1.29, 1.82) is 0 Å². The Balaban J connectivity index is 2.08. The number of hydrazine groups is 1.